The first kappa shape index (κ1) is 22.7. The molecule has 1 atom stereocenters. The van der Waals surface area contributed by atoms with Crippen LogP contribution in [-0.4, -0.2) is 42.1 Å². The quantitative estimate of drug-likeness (QED) is 0.711. The third-order valence-electron chi connectivity index (χ3n) is 5.52. The number of para-hydroxylation sites is 1. The summed E-state index contributed by atoms with van der Waals surface area (Å²) in [5.74, 6) is 0.928. The van der Waals surface area contributed by atoms with E-state index in [1.807, 2.05) is 54.6 Å². The number of benzene rings is 2. The smallest absolute Gasteiger partial charge is 0.410 e. The molecule has 1 N–H and O–H groups in total. The van der Waals surface area contributed by atoms with Crippen LogP contribution in [0.15, 0.2) is 54.6 Å². The second kappa shape index (κ2) is 10.8. The van der Waals surface area contributed by atoms with Gasteiger partial charge in [-0.05, 0) is 42.9 Å². The van der Waals surface area contributed by atoms with Crippen molar-refractivity contribution in [1.29, 1.82) is 0 Å². The third-order valence-corrected chi connectivity index (χ3v) is 5.52. The van der Waals surface area contributed by atoms with Crippen LogP contribution in [0.4, 0.5) is 4.79 Å². The Kier molecular flexibility index (Phi) is 7.93. The highest BCUT2D eigenvalue weighted by Gasteiger charge is 2.26. The first-order valence-electron chi connectivity index (χ1n) is 11.0. The molecular weight excluding hydrogens is 392 g/mol. The molecule has 0 aliphatic carbocycles. The lowest BCUT2D eigenvalue weighted by Gasteiger charge is -2.32. The maximum absolute atomic E-state index is 12.6. The van der Waals surface area contributed by atoms with Crippen LogP contribution in [0.2, 0.25) is 0 Å². The van der Waals surface area contributed by atoms with Gasteiger partial charge in [-0.1, -0.05) is 62.4 Å². The Morgan fingerprint density at radius 3 is 2.32 bits per heavy atom. The first-order valence-corrected chi connectivity index (χ1v) is 11.0. The van der Waals surface area contributed by atoms with Crippen molar-refractivity contribution >= 4 is 12.0 Å². The molecule has 6 heteroatoms. The van der Waals surface area contributed by atoms with Crippen molar-refractivity contribution in [3.05, 3.63) is 65.7 Å². The van der Waals surface area contributed by atoms with Gasteiger partial charge in [0.05, 0.1) is 0 Å². The van der Waals surface area contributed by atoms with Crippen molar-refractivity contribution in [2.75, 3.05) is 13.1 Å². The summed E-state index contributed by atoms with van der Waals surface area (Å²) in [6.07, 6.45) is 0.493. The number of hydrogen-bond donors (Lipinski definition) is 1. The molecule has 2 amide bonds. The Morgan fingerprint density at radius 1 is 1.00 bits per heavy atom. The van der Waals surface area contributed by atoms with Crippen molar-refractivity contribution in [1.82, 2.24) is 10.2 Å². The van der Waals surface area contributed by atoms with Crippen molar-refractivity contribution in [2.24, 2.45) is 0 Å². The molecule has 0 radical (unpaired) electrons. The van der Waals surface area contributed by atoms with Gasteiger partial charge >= 0.3 is 6.09 Å². The molecule has 1 heterocycles. The van der Waals surface area contributed by atoms with E-state index in [-0.39, 0.29) is 24.6 Å². The average molecular weight is 425 g/mol. The van der Waals surface area contributed by atoms with Crippen LogP contribution in [0.25, 0.3) is 0 Å². The van der Waals surface area contributed by atoms with Gasteiger partial charge < -0.3 is 19.7 Å². The van der Waals surface area contributed by atoms with E-state index in [0.29, 0.717) is 31.8 Å². The molecule has 3 rings (SSSR count). The van der Waals surface area contributed by atoms with Crippen LogP contribution in [0.3, 0.4) is 0 Å². The first-order chi connectivity index (χ1) is 14.9. The van der Waals surface area contributed by atoms with E-state index >= 15 is 0 Å². The average Bonchev–Trinajstić information content (AvgIpc) is 2.78. The number of carbonyl (C=O) groups excluding carboxylic acids is 2. The summed E-state index contributed by atoms with van der Waals surface area (Å²) in [6.45, 7) is 7.36. The zero-order valence-corrected chi connectivity index (χ0v) is 18.5. The number of ether oxygens (including phenoxy) is 2. The molecule has 1 fully saturated rings. The molecule has 0 spiro atoms. The molecule has 1 saturated heterocycles. The number of rotatable bonds is 7. The Balaban J connectivity index is 1.43. The van der Waals surface area contributed by atoms with E-state index in [1.54, 1.807) is 11.8 Å². The summed E-state index contributed by atoms with van der Waals surface area (Å²) in [6, 6.07) is 17.5. The van der Waals surface area contributed by atoms with Crippen molar-refractivity contribution in [3.63, 3.8) is 0 Å². The number of carbonyl (C=O) groups is 2. The number of likely N-dealkylation sites (tertiary alicyclic amines) is 1. The van der Waals surface area contributed by atoms with Gasteiger partial charge in [-0.3, -0.25) is 4.79 Å². The molecule has 166 valence electrons. The van der Waals surface area contributed by atoms with Crippen molar-refractivity contribution in [3.8, 4) is 5.75 Å². The minimum atomic E-state index is -0.589. The fourth-order valence-corrected chi connectivity index (χ4v) is 3.64. The summed E-state index contributed by atoms with van der Waals surface area (Å²) in [7, 11) is 0. The number of nitrogens with one attached hydrogen (secondary N) is 1. The maximum Gasteiger partial charge on any atom is 0.410 e. The molecule has 1 aliphatic rings. The Bertz CT molecular complexity index is 861. The predicted octanol–water partition coefficient (Wildman–Crippen LogP) is 4.49. The lowest BCUT2D eigenvalue weighted by molar-refractivity contribution is -0.128. The largest absolute Gasteiger partial charge is 0.481 e. The number of amides is 2. The standard InChI is InChI=1S/C25H32N2O4/c1-18(2)22-11-7-8-12-23(22)31-19(3)24(28)26-21-13-15-27(16-14-21)25(29)30-17-20-9-5-4-6-10-20/h4-12,18-19,21H,13-17H2,1-3H3,(H,26,28). The molecule has 31 heavy (non-hydrogen) atoms. The number of nitrogens with zero attached hydrogens (tertiary/aromatic N) is 1. The van der Waals surface area contributed by atoms with E-state index in [9.17, 15) is 9.59 Å². The summed E-state index contributed by atoms with van der Waals surface area (Å²) in [4.78, 5) is 26.6. The minimum absolute atomic E-state index is 0.0251. The molecular formula is C25H32N2O4. The van der Waals surface area contributed by atoms with Crippen molar-refractivity contribution < 1.29 is 19.1 Å². The summed E-state index contributed by atoms with van der Waals surface area (Å²) >= 11 is 0. The molecule has 1 aliphatic heterocycles. The van der Waals surface area contributed by atoms with E-state index < -0.39 is 6.10 Å². The normalized spacial score (nSPS) is 15.4. The maximum atomic E-state index is 12.6. The monoisotopic (exact) mass is 424 g/mol. The van der Waals surface area contributed by atoms with Gasteiger partial charge in [0.25, 0.3) is 5.91 Å². The molecule has 0 bridgehead atoms. The topological polar surface area (TPSA) is 67.9 Å². The van der Waals surface area contributed by atoms with E-state index in [1.165, 1.54) is 0 Å². The summed E-state index contributed by atoms with van der Waals surface area (Å²) in [5, 5.41) is 3.06. The molecule has 2 aromatic carbocycles. The SMILES string of the molecule is CC(Oc1ccccc1C(C)C)C(=O)NC1CCN(C(=O)OCc2ccccc2)CC1. The van der Waals surface area contributed by atoms with Crippen LogP contribution >= 0.6 is 0 Å². The highest BCUT2D eigenvalue weighted by atomic mass is 16.6. The Morgan fingerprint density at radius 2 is 1.65 bits per heavy atom. The lowest BCUT2D eigenvalue weighted by Crippen LogP contribution is -2.49. The highest BCUT2D eigenvalue weighted by Crippen LogP contribution is 2.26. The summed E-state index contributed by atoms with van der Waals surface area (Å²) < 4.78 is 11.3. The fraction of sp³-hybridized carbons (Fsp3) is 0.440. The van der Waals surface area contributed by atoms with Gasteiger partial charge in [0.2, 0.25) is 0 Å². The minimum Gasteiger partial charge on any atom is -0.481 e. The van der Waals surface area contributed by atoms with Crippen LogP contribution in [0, 0.1) is 0 Å². The lowest BCUT2D eigenvalue weighted by atomic mass is 10.0. The second-order valence-electron chi connectivity index (χ2n) is 8.26. The fourth-order valence-electron chi connectivity index (χ4n) is 3.64. The van der Waals surface area contributed by atoms with Crippen LogP contribution < -0.4 is 10.1 Å². The van der Waals surface area contributed by atoms with Crippen molar-refractivity contribution in [2.45, 2.75) is 58.3 Å². The zero-order valence-electron chi connectivity index (χ0n) is 18.5. The van der Waals surface area contributed by atoms with E-state index in [0.717, 1.165) is 16.9 Å². The number of piperidine rings is 1. The second-order valence-corrected chi connectivity index (χ2v) is 8.26. The molecule has 2 aromatic rings. The van der Waals surface area contributed by atoms with E-state index in [2.05, 4.69) is 19.2 Å². The van der Waals surface area contributed by atoms with E-state index in [4.69, 9.17) is 9.47 Å². The Labute approximate surface area is 184 Å². The van der Waals surface area contributed by atoms with Gasteiger partial charge in [0, 0.05) is 19.1 Å². The molecule has 1 unspecified atom stereocenters. The van der Waals surface area contributed by atoms with Crippen LogP contribution in [0.1, 0.15) is 50.7 Å². The predicted molar refractivity (Wildman–Crippen MR) is 120 cm³/mol. The molecule has 6 nitrogen and oxygen atoms in total. The van der Waals surface area contributed by atoms with Crippen LogP contribution in [-0.2, 0) is 16.1 Å². The van der Waals surface area contributed by atoms with Gasteiger partial charge in [-0.2, -0.15) is 0 Å². The van der Waals surface area contributed by atoms with Gasteiger partial charge in [-0.15, -0.1) is 0 Å². The highest BCUT2D eigenvalue weighted by molar-refractivity contribution is 5.81. The van der Waals surface area contributed by atoms with Crippen LogP contribution in [0.5, 0.6) is 5.75 Å². The molecule has 0 aromatic heterocycles. The summed E-state index contributed by atoms with van der Waals surface area (Å²) in [5.41, 5.74) is 2.05. The number of hydrogen-bond acceptors (Lipinski definition) is 4. The zero-order chi connectivity index (χ0) is 22.2. The Hall–Kier alpha value is -3.02. The molecule has 0 saturated carbocycles. The van der Waals surface area contributed by atoms with Gasteiger partial charge in [0.1, 0.15) is 12.4 Å². The third kappa shape index (κ3) is 6.48. The van der Waals surface area contributed by atoms with Gasteiger partial charge in [-0.25, -0.2) is 4.79 Å². The van der Waals surface area contributed by atoms with Gasteiger partial charge in [0.15, 0.2) is 6.10 Å².